The number of alkyl carbamates (subject to hydrolysis) is 1. The third kappa shape index (κ3) is 9.33. The molecule has 13 nitrogen and oxygen atoms in total. The van der Waals surface area contributed by atoms with Crippen molar-refractivity contribution in [3.05, 3.63) is 95.6 Å². The summed E-state index contributed by atoms with van der Waals surface area (Å²) >= 11 is 0. The lowest BCUT2D eigenvalue weighted by atomic mass is 9.98. The Morgan fingerprint density at radius 1 is 0.808 bits per heavy atom. The molecule has 3 aromatic rings. The molecular formula is C39H45N3O10. The molecular weight excluding hydrogens is 670 g/mol. The van der Waals surface area contributed by atoms with Crippen LogP contribution in [0, 0.1) is 0 Å². The summed E-state index contributed by atoms with van der Waals surface area (Å²) in [5.74, 6) is -5.22. The molecule has 1 fully saturated rings. The number of esters is 1. The second-order valence-electron chi connectivity index (χ2n) is 14.4. The second-order valence-corrected chi connectivity index (χ2v) is 14.4. The second kappa shape index (κ2) is 15.5. The van der Waals surface area contributed by atoms with Gasteiger partial charge in [0, 0.05) is 12.3 Å². The number of amides is 3. The molecule has 276 valence electrons. The van der Waals surface area contributed by atoms with Gasteiger partial charge in [-0.15, -0.1) is 0 Å². The Bertz CT molecular complexity index is 1750. The number of benzene rings is 3. The Balaban J connectivity index is 1.34. The van der Waals surface area contributed by atoms with Crippen LogP contribution in [0.25, 0.3) is 11.1 Å². The van der Waals surface area contributed by atoms with Crippen LogP contribution in [0.3, 0.4) is 0 Å². The molecule has 0 bridgehead atoms. The van der Waals surface area contributed by atoms with Gasteiger partial charge in [-0.05, 0) is 62.4 Å². The van der Waals surface area contributed by atoms with E-state index in [2.05, 4.69) is 16.0 Å². The molecule has 4 N–H and O–H groups in total. The van der Waals surface area contributed by atoms with E-state index in [0.29, 0.717) is 5.56 Å². The number of hydrogen-bond donors (Lipinski definition) is 4. The molecule has 0 radical (unpaired) electrons. The fourth-order valence-electron chi connectivity index (χ4n) is 6.12. The summed E-state index contributed by atoms with van der Waals surface area (Å²) in [5.41, 5.74) is 1.88. The van der Waals surface area contributed by atoms with Gasteiger partial charge in [-0.1, -0.05) is 78.9 Å². The third-order valence-corrected chi connectivity index (χ3v) is 8.76. The van der Waals surface area contributed by atoms with Crippen molar-refractivity contribution in [1.82, 2.24) is 16.0 Å². The minimum Gasteiger partial charge on any atom is -0.479 e. The van der Waals surface area contributed by atoms with E-state index in [1.165, 1.54) is 0 Å². The first kappa shape index (κ1) is 38.0. The molecule has 1 aliphatic carbocycles. The number of hydrogen-bond acceptors (Lipinski definition) is 9. The van der Waals surface area contributed by atoms with E-state index in [-0.39, 0.29) is 18.9 Å². The predicted molar refractivity (Wildman–Crippen MR) is 189 cm³/mol. The van der Waals surface area contributed by atoms with Crippen LogP contribution in [0.1, 0.15) is 63.6 Å². The van der Waals surface area contributed by atoms with Crippen LogP contribution in [-0.4, -0.2) is 83.8 Å². The molecule has 3 aromatic carbocycles. The van der Waals surface area contributed by atoms with E-state index in [4.69, 9.17) is 18.9 Å². The molecule has 0 saturated carbocycles. The van der Waals surface area contributed by atoms with Crippen molar-refractivity contribution < 1.29 is 48.0 Å². The zero-order valence-corrected chi connectivity index (χ0v) is 29.9. The standard InChI is InChI=1S/C39H45N3O10/c1-37(2,3)52-32(43)20-31(41-36(48)49-21-29-27-17-11-9-15-25(27)26-16-10-12-18-28(26)29)33(44)40-30(19-24-13-7-6-8-14-24)34(45)42-39(35(46)47)22-50-38(4,5)51-23-39/h6-18,29-31H,19-23H2,1-5H3,(H,40,44)(H,41,48)(H,42,45)(H,46,47)/t30-,31+/m1/s1. The largest absolute Gasteiger partial charge is 0.479 e. The number of fused-ring (bicyclic) bond motifs is 3. The van der Waals surface area contributed by atoms with Gasteiger partial charge in [0.2, 0.25) is 11.8 Å². The van der Waals surface area contributed by atoms with Crippen LogP contribution in [0.2, 0.25) is 0 Å². The van der Waals surface area contributed by atoms with Gasteiger partial charge in [0.15, 0.2) is 11.3 Å². The number of carbonyl (C=O) groups excluding carboxylic acids is 4. The van der Waals surface area contributed by atoms with Crippen LogP contribution < -0.4 is 16.0 Å². The molecule has 0 unspecified atom stereocenters. The molecule has 0 spiro atoms. The van der Waals surface area contributed by atoms with E-state index in [9.17, 15) is 29.1 Å². The molecule has 1 heterocycles. The Hall–Kier alpha value is -5.27. The predicted octanol–water partition coefficient (Wildman–Crippen LogP) is 4.08. The number of rotatable bonds is 12. The summed E-state index contributed by atoms with van der Waals surface area (Å²) in [6.07, 6.45) is -1.59. The maximum Gasteiger partial charge on any atom is 0.407 e. The number of nitrogens with one attached hydrogen (secondary N) is 3. The van der Waals surface area contributed by atoms with Crippen LogP contribution >= 0.6 is 0 Å². The van der Waals surface area contributed by atoms with Crippen LogP contribution in [0.15, 0.2) is 78.9 Å². The first-order chi connectivity index (χ1) is 24.6. The Morgan fingerprint density at radius 3 is 1.92 bits per heavy atom. The van der Waals surface area contributed by atoms with Gasteiger partial charge in [0.1, 0.15) is 24.3 Å². The van der Waals surface area contributed by atoms with Gasteiger partial charge >= 0.3 is 18.0 Å². The smallest absolute Gasteiger partial charge is 0.407 e. The van der Waals surface area contributed by atoms with E-state index in [1.54, 1.807) is 65.0 Å². The van der Waals surface area contributed by atoms with Gasteiger partial charge in [-0.3, -0.25) is 14.4 Å². The summed E-state index contributed by atoms with van der Waals surface area (Å²) < 4.78 is 22.2. The maximum atomic E-state index is 13.9. The number of carboxylic acids is 1. The van der Waals surface area contributed by atoms with Crippen molar-refractivity contribution >= 4 is 29.8 Å². The number of ether oxygens (including phenoxy) is 4. The molecule has 5 rings (SSSR count). The molecule has 1 aliphatic heterocycles. The average molecular weight is 716 g/mol. The fraction of sp³-hybridized carbons (Fsp3) is 0.410. The fourth-order valence-corrected chi connectivity index (χ4v) is 6.12. The lowest BCUT2D eigenvalue weighted by Gasteiger charge is -2.41. The first-order valence-electron chi connectivity index (χ1n) is 17.1. The highest BCUT2D eigenvalue weighted by atomic mass is 16.7. The summed E-state index contributed by atoms with van der Waals surface area (Å²) in [6, 6.07) is 21.5. The van der Waals surface area contributed by atoms with Crippen molar-refractivity contribution in [2.24, 2.45) is 0 Å². The minimum atomic E-state index is -1.94. The molecule has 52 heavy (non-hydrogen) atoms. The van der Waals surface area contributed by atoms with E-state index in [1.807, 2.05) is 48.5 Å². The molecule has 2 aliphatic rings. The van der Waals surface area contributed by atoms with Gasteiger partial charge in [-0.2, -0.15) is 0 Å². The third-order valence-electron chi connectivity index (χ3n) is 8.76. The highest BCUT2D eigenvalue weighted by Crippen LogP contribution is 2.44. The quantitative estimate of drug-likeness (QED) is 0.200. The maximum absolute atomic E-state index is 13.9. The lowest BCUT2D eigenvalue weighted by molar-refractivity contribution is -0.270. The molecule has 1 saturated heterocycles. The van der Waals surface area contributed by atoms with Crippen molar-refractivity contribution in [1.29, 1.82) is 0 Å². The van der Waals surface area contributed by atoms with Crippen LogP contribution in [0.4, 0.5) is 4.79 Å². The van der Waals surface area contributed by atoms with Crippen molar-refractivity contribution in [3.8, 4) is 11.1 Å². The molecule has 2 atom stereocenters. The molecule has 13 heteroatoms. The van der Waals surface area contributed by atoms with Crippen LogP contribution in [0.5, 0.6) is 0 Å². The van der Waals surface area contributed by atoms with Crippen LogP contribution in [-0.2, 0) is 44.5 Å². The van der Waals surface area contributed by atoms with Crippen molar-refractivity contribution in [2.45, 2.75) is 82.4 Å². The summed E-state index contributed by atoms with van der Waals surface area (Å²) in [6.45, 7) is 7.40. The van der Waals surface area contributed by atoms with Gasteiger partial charge in [0.25, 0.3) is 0 Å². The van der Waals surface area contributed by atoms with Gasteiger partial charge in [0.05, 0.1) is 19.6 Å². The highest BCUT2D eigenvalue weighted by molar-refractivity contribution is 5.95. The lowest BCUT2D eigenvalue weighted by Crippen LogP contribution is -2.68. The zero-order valence-electron chi connectivity index (χ0n) is 29.9. The number of aliphatic carboxylic acids is 1. The van der Waals surface area contributed by atoms with Gasteiger partial charge in [-0.25, -0.2) is 9.59 Å². The van der Waals surface area contributed by atoms with Gasteiger partial charge < -0.3 is 40.0 Å². The Kier molecular flexibility index (Phi) is 11.3. The summed E-state index contributed by atoms with van der Waals surface area (Å²) in [4.78, 5) is 66.4. The average Bonchev–Trinajstić information content (AvgIpc) is 3.40. The minimum absolute atomic E-state index is 0.0438. The van der Waals surface area contributed by atoms with E-state index in [0.717, 1.165) is 22.3 Å². The normalized spacial score (nSPS) is 17.0. The van der Waals surface area contributed by atoms with Crippen molar-refractivity contribution in [3.63, 3.8) is 0 Å². The Morgan fingerprint density at radius 2 is 1.37 bits per heavy atom. The number of carboxylic acid groups (broad SMARTS) is 1. The zero-order chi connectivity index (χ0) is 37.7. The topological polar surface area (TPSA) is 179 Å². The van der Waals surface area contributed by atoms with E-state index < -0.39 is 78.5 Å². The molecule has 3 amide bonds. The first-order valence-corrected chi connectivity index (χ1v) is 17.1. The highest BCUT2D eigenvalue weighted by Gasteiger charge is 2.48. The summed E-state index contributed by atoms with van der Waals surface area (Å²) in [7, 11) is 0. The SMILES string of the molecule is CC(C)(C)OC(=O)C[C@H](NC(=O)OCC1c2ccccc2-c2ccccc21)C(=O)N[C@H](Cc1ccccc1)C(=O)NC1(C(=O)O)COC(C)(C)OC1. The monoisotopic (exact) mass is 715 g/mol. The van der Waals surface area contributed by atoms with Crippen molar-refractivity contribution in [2.75, 3.05) is 19.8 Å². The summed E-state index contributed by atoms with van der Waals surface area (Å²) in [5, 5.41) is 17.7. The number of carbonyl (C=O) groups is 5. The Labute approximate surface area is 302 Å². The van der Waals surface area contributed by atoms with E-state index >= 15 is 0 Å². The molecule has 0 aromatic heterocycles.